The minimum absolute atomic E-state index is 0.265. The molecule has 4 rings (SSSR count). The summed E-state index contributed by atoms with van der Waals surface area (Å²) >= 11 is 14.4. The minimum atomic E-state index is -0.494. The van der Waals surface area contributed by atoms with E-state index in [2.05, 4.69) is 17.0 Å². The van der Waals surface area contributed by atoms with Crippen molar-refractivity contribution in [1.82, 2.24) is 9.88 Å². The van der Waals surface area contributed by atoms with Gasteiger partial charge in [0.1, 0.15) is 9.94 Å². The molecule has 0 saturated carbocycles. The molecule has 9 heteroatoms. The van der Waals surface area contributed by atoms with E-state index < -0.39 is 5.60 Å². The molecule has 2 saturated heterocycles. The number of carbonyl (C=O) groups is 1. The Hall–Kier alpha value is -1.54. The van der Waals surface area contributed by atoms with Gasteiger partial charge in [-0.1, -0.05) is 46.7 Å². The summed E-state index contributed by atoms with van der Waals surface area (Å²) in [6.45, 7) is 9.56. The number of amides is 1. The molecular formula is C23H29Cl2N3O3S. The summed E-state index contributed by atoms with van der Waals surface area (Å²) in [6, 6.07) is 7.99. The van der Waals surface area contributed by atoms with E-state index in [0.717, 1.165) is 23.7 Å². The third kappa shape index (κ3) is 5.01. The van der Waals surface area contributed by atoms with Crippen LogP contribution < -0.4 is 4.90 Å². The molecule has 1 amide bonds. The molecule has 1 aromatic carbocycles. The summed E-state index contributed by atoms with van der Waals surface area (Å²) in [6.07, 6.45) is 1.38. The van der Waals surface area contributed by atoms with E-state index in [1.807, 2.05) is 32.9 Å². The first kappa shape index (κ1) is 23.6. The van der Waals surface area contributed by atoms with Gasteiger partial charge in [0.25, 0.3) is 0 Å². The van der Waals surface area contributed by atoms with Crippen molar-refractivity contribution in [3.63, 3.8) is 0 Å². The Labute approximate surface area is 203 Å². The highest BCUT2D eigenvalue weighted by atomic mass is 35.5. The number of ether oxygens (including phenoxy) is 2. The van der Waals surface area contributed by atoms with Gasteiger partial charge in [0, 0.05) is 49.8 Å². The molecule has 2 fully saturated rings. The normalized spacial score (nSPS) is 19.2. The molecule has 1 aromatic heterocycles. The Balaban J connectivity index is 1.53. The van der Waals surface area contributed by atoms with E-state index in [9.17, 15) is 4.79 Å². The smallest absolute Gasteiger partial charge is 0.410 e. The van der Waals surface area contributed by atoms with Crippen LogP contribution in [0.2, 0.25) is 9.36 Å². The lowest BCUT2D eigenvalue weighted by molar-refractivity contribution is 0.0240. The third-order valence-corrected chi connectivity index (χ3v) is 7.54. The quantitative estimate of drug-likeness (QED) is 0.551. The number of halogens is 2. The summed E-state index contributed by atoms with van der Waals surface area (Å²) in [5, 5.41) is 1.61. The van der Waals surface area contributed by atoms with E-state index in [1.54, 1.807) is 4.90 Å². The molecule has 0 aliphatic carbocycles. The van der Waals surface area contributed by atoms with Crippen molar-refractivity contribution in [2.24, 2.45) is 0 Å². The number of thiazole rings is 1. The summed E-state index contributed by atoms with van der Waals surface area (Å²) < 4.78 is 11.9. The van der Waals surface area contributed by atoms with Crippen LogP contribution in [0, 0.1) is 0 Å². The maximum atomic E-state index is 12.4. The number of carbonyl (C=O) groups excluding carboxylic acids is 1. The predicted octanol–water partition coefficient (Wildman–Crippen LogP) is 5.60. The number of anilines is 1. The van der Waals surface area contributed by atoms with Gasteiger partial charge in [-0.25, -0.2) is 9.78 Å². The maximum Gasteiger partial charge on any atom is 0.410 e. The van der Waals surface area contributed by atoms with Crippen molar-refractivity contribution < 1.29 is 14.3 Å². The van der Waals surface area contributed by atoms with Crippen LogP contribution in [0.15, 0.2) is 24.3 Å². The second-order valence-electron chi connectivity index (χ2n) is 9.27. The van der Waals surface area contributed by atoms with Gasteiger partial charge in [-0.3, -0.25) is 0 Å². The highest BCUT2D eigenvalue weighted by Crippen LogP contribution is 2.47. The predicted molar refractivity (Wildman–Crippen MR) is 129 cm³/mol. The molecule has 0 atom stereocenters. The maximum absolute atomic E-state index is 12.4. The van der Waals surface area contributed by atoms with Crippen LogP contribution in [0.5, 0.6) is 0 Å². The first-order valence-electron chi connectivity index (χ1n) is 10.9. The molecule has 2 aliphatic heterocycles. The van der Waals surface area contributed by atoms with Gasteiger partial charge < -0.3 is 19.3 Å². The molecule has 32 heavy (non-hydrogen) atoms. The van der Waals surface area contributed by atoms with Crippen molar-refractivity contribution in [1.29, 1.82) is 0 Å². The van der Waals surface area contributed by atoms with Crippen molar-refractivity contribution in [2.45, 2.75) is 44.6 Å². The van der Waals surface area contributed by atoms with Crippen LogP contribution >= 0.6 is 34.5 Å². The van der Waals surface area contributed by atoms with Crippen molar-refractivity contribution >= 4 is 45.8 Å². The Morgan fingerprint density at radius 3 is 2.31 bits per heavy atom. The molecule has 0 radical (unpaired) electrons. The van der Waals surface area contributed by atoms with E-state index in [-0.39, 0.29) is 11.5 Å². The number of benzene rings is 1. The zero-order valence-corrected chi connectivity index (χ0v) is 21.0. The molecule has 2 aliphatic rings. The molecular weight excluding hydrogens is 469 g/mol. The molecule has 0 N–H and O–H groups in total. The Kier molecular flexibility index (Phi) is 6.92. The number of rotatable bonds is 3. The molecule has 0 bridgehead atoms. The molecule has 0 unspecified atom stereocenters. The number of nitrogens with zero attached hydrogens (tertiary/aromatic N) is 3. The van der Waals surface area contributed by atoms with Crippen LogP contribution in [0.4, 0.5) is 9.93 Å². The lowest BCUT2D eigenvalue weighted by Crippen LogP contribution is -2.50. The average molecular weight is 498 g/mol. The number of hydrogen-bond donors (Lipinski definition) is 0. The zero-order valence-electron chi connectivity index (χ0n) is 18.7. The van der Waals surface area contributed by atoms with Crippen molar-refractivity contribution in [3.8, 4) is 0 Å². The van der Waals surface area contributed by atoms with E-state index in [4.69, 9.17) is 37.7 Å². The first-order chi connectivity index (χ1) is 15.2. The lowest BCUT2D eigenvalue weighted by Gasteiger charge is -2.37. The van der Waals surface area contributed by atoms with Gasteiger partial charge in [-0.05, 0) is 51.3 Å². The fourth-order valence-corrected chi connectivity index (χ4v) is 5.78. The largest absolute Gasteiger partial charge is 0.444 e. The van der Waals surface area contributed by atoms with Gasteiger partial charge in [-0.2, -0.15) is 0 Å². The van der Waals surface area contributed by atoms with E-state index >= 15 is 0 Å². The topological polar surface area (TPSA) is 54.9 Å². The summed E-state index contributed by atoms with van der Waals surface area (Å²) in [7, 11) is 0. The molecule has 174 valence electrons. The van der Waals surface area contributed by atoms with Crippen LogP contribution in [0.1, 0.15) is 44.9 Å². The highest BCUT2D eigenvalue weighted by molar-refractivity contribution is 7.19. The average Bonchev–Trinajstić information content (AvgIpc) is 3.16. The Morgan fingerprint density at radius 1 is 1.09 bits per heavy atom. The Bertz CT molecular complexity index is 944. The molecule has 6 nitrogen and oxygen atoms in total. The number of hydrogen-bond acceptors (Lipinski definition) is 6. The second-order valence-corrected chi connectivity index (χ2v) is 11.3. The second kappa shape index (κ2) is 9.37. The fraction of sp³-hybridized carbons (Fsp3) is 0.565. The van der Waals surface area contributed by atoms with Crippen LogP contribution in [0.3, 0.4) is 0 Å². The minimum Gasteiger partial charge on any atom is -0.444 e. The van der Waals surface area contributed by atoms with Gasteiger partial charge >= 0.3 is 6.09 Å². The fourth-order valence-electron chi connectivity index (χ4n) is 4.28. The van der Waals surface area contributed by atoms with Crippen molar-refractivity contribution in [2.75, 3.05) is 44.3 Å². The van der Waals surface area contributed by atoms with Gasteiger partial charge in [0.05, 0.1) is 5.69 Å². The van der Waals surface area contributed by atoms with E-state index in [1.165, 1.54) is 16.9 Å². The van der Waals surface area contributed by atoms with Gasteiger partial charge in [-0.15, -0.1) is 0 Å². The molecule has 3 heterocycles. The molecule has 2 aromatic rings. The summed E-state index contributed by atoms with van der Waals surface area (Å²) in [5.41, 5.74) is 1.30. The lowest BCUT2D eigenvalue weighted by atomic mass is 9.72. The molecule has 0 spiro atoms. The zero-order chi connectivity index (χ0) is 22.9. The summed E-state index contributed by atoms with van der Waals surface area (Å²) in [5.74, 6) is 0. The standard InChI is InChI=1S/C23H29Cl2N3O3S/c1-22(2,3)31-21(29)28-12-10-27(11-13-28)20-26-18(19(25)32-20)23(8-14-30-15-9-23)16-4-6-17(24)7-5-16/h4-7H,8-15H2,1-3H3. The summed E-state index contributed by atoms with van der Waals surface area (Å²) in [4.78, 5) is 21.4. The van der Waals surface area contributed by atoms with Crippen LogP contribution in [-0.4, -0.2) is 61.0 Å². The van der Waals surface area contributed by atoms with Gasteiger partial charge in [0.15, 0.2) is 5.13 Å². The third-order valence-electron chi connectivity index (χ3n) is 5.97. The van der Waals surface area contributed by atoms with Crippen molar-refractivity contribution in [3.05, 3.63) is 44.9 Å². The highest BCUT2D eigenvalue weighted by Gasteiger charge is 2.41. The monoisotopic (exact) mass is 497 g/mol. The van der Waals surface area contributed by atoms with Gasteiger partial charge in [0.2, 0.25) is 0 Å². The number of piperazine rings is 1. The Morgan fingerprint density at radius 2 is 1.72 bits per heavy atom. The first-order valence-corrected chi connectivity index (χ1v) is 12.5. The SMILES string of the molecule is CC(C)(C)OC(=O)N1CCN(c2nc(C3(c4ccc(Cl)cc4)CCOCC3)c(Cl)s2)CC1. The van der Waals surface area contributed by atoms with E-state index in [0.29, 0.717) is 48.8 Å². The van der Waals surface area contributed by atoms with Crippen LogP contribution in [0.25, 0.3) is 0 Å². The van der Waals surface area contributed by atoms with Crippen LogP contribution in [-0.2, 0) is 14.9 Å². The number of aromatic nitrogens is 1.